The second kappa shape index (κ2) is 20.7. The Hall–Kier alpha value is -3.06. The van der Waals surface area contributed by atoms with E-state index in [-0.39, 0.29) is 64.6 Å². The van der Waals surface area contributed by atoms with Crippen molar-refractivity contribution in [3.63, 3.8) is 0 Å². The molecule has 11 nitrogen and oxygen atoms in total. The fraction of sp³-hybridized carbons (Fsp3) is 0.667. The number of dihydropyridines is 1. The summed E-state index contributed by atoms with van der Waals surface area (Å²) in [6.07, 6.45) is 13.7. The number of nitrogens with two attached hydrogens (primary N) is 1. The van der Waals surface area contributed by atoms with Gasteiger partial charge >= 0.3 is 0 Å². The van der Waals surface area contributed by atoms with Crippen molar-refractivity contribution >= 4 is 21.6 Å². The molecule has 0 amide bonds. The number of aromatic nitrogens is 1. The fourth-order valence-electron chi connectivity index (χ4n) is 14.0. The quantitative estimate of drug-likeness (QED) is 0.0678. The van der Waals surface area contributed by atoms with Crippen molar-refractivity contribution in [1.82, 2.24) is 15.6 Å². The van der Waals surface area contributed by atoms with E-state index < -0.39 is 42.4 Å². The topological polar surface area (TPSA) is 196 Å². The lowest BCUT2D eigenvalue weighted by Gasteiger charge is -2.46. The maximum Gasteiger partial charge on any atom is 0.161 e. The Kier molecular flexibility index (Phi) is 15.1. The standard InChI is InChI=1S/C54H76N4O7S2/c1-4-32-17-34-21-45(61)47(65-48-22-35(18-38-9-8-15-56-38)40-11-16-57-52(55)44(40)30-67-66-29-37(28-59)50(48)63)24-42(34)43-23-46(62)49-33(20-41(32)43)10-14-53(5-2)26-39(58-27-31(3)60)19-36(51(49)64)25-54(53)12-6-7-13-54/h8-9,11,15,20-21,24,31-33,35-37,39,43,46,48-51,56-64H,4-7,12-13,16-19,22-23,25-30,55H2,1-3H3/t31-,32+,33+,35-,36+,37-,39+,43-,46+,48+,49-,50+,51-,53-/m0/s1. The van der Waals surface area contributed by atoms with E-state index in [1.807, 2.05) is 31.3 Å². The molecule has 13 heteroatoms. The van der Waals surface area contributed by atoms with Gasteiger partial charge in [0.15, 0.2) is 11.5 Å². The number of phenolic OH excluding ortho intramolecular Hbond substituents is 1. The van der Waals surface area contributed by atoms with Gasteiger partial charge in [-0.15, -0.1) is 0 Å². The number of hydrogen-bond donors (Lipinski definition) is 10. The highest BCUT2D eigenvalue weighted by molar-refractivity contribution is 8.76. The van der Waals surface area contributed by atoms with E-state index in [4.69, 9.17) is 10.5 Å². The molecule has 3 fully saturated rings. The lowest BCUT2D eigenvalue weighted by Crippen LogP contribution is -2.44. The normalized spacial score (nSPS) is 36.6. The van der Waals surface area contributed by atoms with Gasteiger partial charge < -0.3 is 56.7 Å². The summed E-state index contributed by atoms with van der Waals surface area (Å²) < 4.78 is 6.94. The van der Waals surface area contributed by atoms with Crippen LogP contribution in [0.2, 0.25) is 0 Å². The number of nitrogens with one attached hydrogen (secondary N) is 3. The molecule has 2 aromatic rings. The van der Waals surface area contributed by atoms with Gasteiger partial charge in [-0.25, -0.2) is 0 Å². The molecule has 7 aliphatic rings. The molecule has 1 spiro atoms. The molecule has 1 aromatic carbocycles. The molecule has 2 saturated carbocycles. The Morgan fingerprint density at radius 1 is 1.04 bits per heavy atom. The number of phenols is 1. The summed E-state index contributed by atoms with van der Waals surface area (Å²) in [5.41, 5.74) is 12.9. The van der Waals surface area contributed by atoms with Gasteiger partial charge in [-0.05, 0) is 142 Å². The summed E-state index contributed by atoms with van der Waals surface area (Å²) in [6, 6.07) is 7.94. The van der Waals surface area contributed by atoms with E-state index in [0.29, 0.717) is 49.7 Å². The molecule has 3 heterocycles. The van der Waals surface area contributed by atoms with E-state index in [1.165, 1.54) is 18.4 Å². The average Bonchev–Trinajstić information content (AvgIpc) is 3.97. The molecule has 11 N–H and O–H groups in total. The summed E-state index contributed by atoms with van der Waals surface area (Å²) in [4.78, 5) is 3.37. The number of aromatic amines is 1. The summed E-state index contributed by atoms with van der Waals surface area (Å²) >= 11 is 0. The van der Waals surface area contributed by atoms with Gasteiger partial charge in [0.2, 0.25) is 0 Å². The minimum atomic E-state index is -1.04. The van der Waals surface area contributed by atoms with Crippen molar-refractivity contribution in [2.24, 2.45) is 52.1 Å². The molecule has 1 saturated heterocycles. The summed E-state index contributed by atoms with van der Waals surface area (Å²) in [5.74, 6) is 8.54. The number of H-pyrrole nitrogens is 1. The molecule has 0 radical (unpaired) electrons. The monoisotopic (exact) mass is 957 g/mol. The van der Waals surface area contributed by atoms with Crippen LogP contribution in [-0.2, 0) is 12.8 Å². The Morgan fingerprint density at radius 3 is 2.60 bits per heavy atom. The number of aromatic hydroxyl groups is 1. The van der Waals surface area contributed by atoms with Crippen LogP contribution < -0.4 is 21.1 Å². The van der Waals surface area contributed by atoms with Gasteiger partial charge in [-0.2, -0.15) is 0 Å². The van der Waals surface area contributed by atoms with Crippen LogP contribution in [0.25, 0.3) is 0 Å². The number of aliphatic hydroxyl groups is 5. The first-order valence-corrected chi connectivity index (χ1v) is 28.0. The number of rotatable bonds is 10. The van der Waals surface area contributed by atoms with Crippen LogP contribution in [0.15, 0.2) is 65.2 Å². The predicted molar refractivity (Wildman–Crippen MR) is 268 cm³/mol. The van der Waals surface area contributed by atoms with Gasteiger partial charge in [-0.3, -0.25) is 0 Å². The van der Waals surface area contributed by atoms with Crippen LogP contribution >= 0.6 is 21.6 Å². The Bertz CT molecular complexity index is 2210. The Labute approximate surface area is 406 Å². The van der Waals surface area contributed by atoms with Crippen LogP contribution in [0, 0.1) is 58.2 Å². The maximum atomic E-state index is 12.9. The summed E-state index contributed by atoms with van der Waals surface area (Å²) in [7, 11) is 3.27. The highest BCUT2D eigenvalue weighted by Crippen LogP contribution is 2.62. The van der Waals surface area contributed by atoms with Crippen molar-refractivity contribution < 1.29 is 35.4 Å². The van der Waals surface area contributed by atoms with E-state index in [2.05, 4.69) is 59.5 Å². The first-order valence-electron chi connectivity index (χ1n) is 25.5. The third-order valence-electron chi connectivity index (χ3n) is 17.5. The summed E-state index contributed by atoms with van der Waals surface area (Å²) in [6.45, 7) is 7.19. The van der Waals surface area contributed by atoms with Crippen LogP contribution in [-0.4, -0.2) is 103 Å². The highest BCUT2D eigenvalue weighted by Gasteiger charge is 2.57. The molecular weight excluding hydrogens is 881 g/mol. The van der Waals surface area contributed by atoms with Crippen LogP contribution in [0.1, 0.15) is 114 Å². The Balaban J connectivity index is 1.09. The lowest BCUT2D eigenvalue weighted by molar-refractivity contribution is -0.0473. The Morgan fingerprint density at radius 2 is 1.87 bits per heavy atom. The molecule has 5 aliphatic carbocycles. The van der Waals surface area contributed by atoms with E-state index in [0.717, 1.165) is 79.3 Å². The van der Waals surface area contributed by atoms with E-state index in [9.17, 15) is 30.6 Å². The largest absolute Gasteiger partial charge is 0.504 e. The third-order valence-corrected chi connectivity index (χ3v) is 19.9. The number of fused-ring (bicyclic) bond motifs is 6. The van der Waals surface area contributed by atoms with E-state index in [1.54, 1.807) is 21.6 Å². The number of aliphatic hydroxyl groups excluding tert-OH is 5. The zero-order valence-corrected chi connectivity index (χ0v) is 41.4. The number of ether oxygens (including phenoxy) is 1. The van der Waals surface area contributed by atoms with Crippen molar-refractivity contribution in [3.05, 3.63) is 82.0 Å². The second-order valence-corrected chi connectivity index (χ2v) is 23.9. The van der Waals surface area contributed by atoms with Crippen LogP contribution in [0.3, 0.4) is 0 Å². The smallest absolute Gasteiger partial charge is 0.161 e. The van der Waals surface area contributed by atoms with Crippen LogP contribution in [0.4, 0.5) is 0 Å². The zero-order chi connectivity index (χ0) is 47.0. The van der Waals surface area contributed by atoms with Gasteiger partial charge in [0, 0.05) is 83.8 Å². The number of allylic oxidation sites excluding steroid dienone is 3. The maximum absolute atomic E-state index is 12.9. The molecule has 2 bridgehead atoms. The van der Waals surface area contributed by atoms with Crippen molar-refractivity contribution in [1.29, 1.82) is 0 Å². The van der Waals surface area contributed by atoms with Gasteiger partial charge in [0.05, 0.1) is 24.4 Å². The molecular formula is C54H76N4O7S2. The zero-order valence-electron chi connectivity index (χ0n) is 39.8. The molecule has 14 atom stereocenters. The second-order valence-electron chi connectivity index (χ2n) is 21.4. The minimum Gasteiger partial charge on any atom is -0.504 e. The van der Waals surface area contributed by atoms with Gasteiger partial charge in [0.1, 0.15) is 11.9 Å². The lowest BCUT2D eigenvalue weighted by atomic mass is 9.57. The van der Waals surface area contributed by atoms with Gasteiger partial charge in [-0.1, -0.05) is 77.8 Å². The van der Waals surface area contributed by atoms with E-state index >= 15 is 0 Å². The number of hydrogen-bond acceptors (Lipinski definition) is 12. The SMILES string of the molecule is CC[C@@H]1Cc2cc(O)c(O[C@@H]3C[C@H](Cc4ccc[nH]4)C4=CCNC(N)=C4CSSC[C@H](CO)[C@H]3O)cc2[C@H]2C[C@@H](O)[C@H]3[C@@H](O)[C@@H]4C[C@@H](NC[C@H](C)O)C[C@](CC)(C#C[C@@H]3C=C12)C1(CCCC1)C4. The average molecular weight is 957 g/mol. The molecule has 9 rings (SSSR count). The minimum absolute atomic E-state index is 0.00458. The molecule has 2 aliphatic heterocycles. The first kappa shape index (κ1) is 48.9. The molecule has 1 aromatic heterocycles. The first-order chi connectivity index (χ1) is 32.4. The van der Waals surface area contributed by atoms with Crippen LogP contribution in [0.5, 0.6) is 11.5 Å². The molecule has 0 unspecified atom stereocenters. The number of benzene rings is 1. The highest BCUT2D eigenvalue weighted by atomic mass is 33.1. The fourth-order valence-corrected chi connectivity index (χ4v) is 16.5. The van der Waals surface area contributed by atoms with Crippen molar-refractivity contribution in [2.45, 2.75) is 147 Å². The molecule has 366 valence electrons. The van der Waals surface area contributed by atoms with Gasteiger partial charge in [0.25, 0.3) is 0 Å². The molecule has 67 heavy (non-hydrogen) atoms. The van der Waals surface area contributed by atoms with Crippen molar-refractivity contribution in [3.8, 4) is 23.3 Å². The van der Waals surface area contributed by atoms with Crippen molar-refractivity contribution in [2.75, 3.05) is 31.2 Å². The predicted octanol–water partition coefficient (Wildman–Crippen LogP) is 6.84. The third kappa shape index (κ3) is 9.74. The summed E-state index contributed by atoms with van der Waals surface area (Å²) in [5, 5.41) is 77.7.